The van der Waals surface area contributed by atoms with E-state index in [2.05, 4.69) is 39.1 Å². The fourth-order valence-electron chi connectivity index (χ4n) is 4.48. The van der Waals surface area contributed by atoms with Crippen molar-refractivity contribution < 1.29 is 14.0 Å². The summed E-state index contributed by atoms with van der Waals surface area (Å²) in [6.45, 7) is 12.5. The molecule has 1 amide bonds. The molecule has 0 saturated carbocycles. The van der Waals surface area contributed by atoms with Gasteiger partial charge in [0.05, 0.1) is 0 Å². The van der Waals surface area contributed by atoms with Crippen LogP contribution in [0.3, 0.4) is 0 Å². The second kappa shape index (κ2) is 5.58. The van der Waals surface area contributed by atoms with Gasteiger partial charge in [-0.3, -0.25) is 9.59 Å². The second-order valence-electron chi connectivity index (χ2n) is 8.29. The lowest BCUT2D eigenvalue weighted by Crippen LogP contribution is -2.18. The van der Waals surface area contributed by atoms with Crippen molar-refractivity contribution in [2.75, 3.05) is 5.32 Å². The van der Waals surface area contributed by atoms with Crippen molar-refractivity contribution in [3.63, 3.8) is 0 Å². The number of benzene rings is 1. The smallest absolute Gasteiger partial charge is 0.221 e. The monoisotopic (exact) mass is 339 g/mol. The average Bonchev–Trinajstić information content (AvgIpc) is 3.01. The van der Waals surface area contributed by atoms with E-state index in [1.807, 2.05) is 13.0 Å². The zero-order chi connectivity index (χ0) is 18.6. The second-order valence-corrected chi connectivity index (χ2v) is 8.29. The molecule has 0 spiro atoms. The van der Waals surface area contributed by atoms with Gasteiger partial charge in [0.1, 0.15) is 5.76 Å². The summed E-state index contributed by atoms with van der Waals surface area (Å²) in [5.74, 6) is 0.883. The summed E-state index contributed by atoms with van der Waals surface area (Å²) in [5, 5.41) is 2.95. The highest BCUT2D eigenvalue weighted by Crippen LogP contribution is 2.54. The number of rotatable bonds is 3. The molecule has 3 rings (SSSR count). The highest BCUT2D eigenvalue weighted by atomic mass is 16.3. The molecule has 2 aromatic rings. The van der Waals surface area contributed by atoms with Crippen molar-refractivity contribution in [2.24, 2.45) is 0 Å². The van der Waals surface area contributed by atoms with Crippen molar-refractivity contribution in [3.05, 3.63) is 40.6 Å². The van der Waals surface area contributed by atoms with Crippen LogP contribution in [-0.4, -0.2) is 12.2 Å². The lowest BCUT2D eigenvalue weighted by atomic mass is 9.80. The summed E-state index contributed by atoms with van der Waals surface area (Å²) in [5.41, 5.74) is 5.20. The van der Waals surface area contributed by atoms with Crippen molar-refractivity contribution in [1.82, 2.24) is 0 Å². The Morgan fingerprint density at radius 2 is 1.88 bits per heavy atom. The van der Waals surface area contributed by atoms with Crippen LogP contribution in [0, 0.1) is 6.92 Å². The van der Waals surface area contributed by atoms with Gasteiger partial charge >= 0.3 is 0 Å². The lowest BCUT2D eigenvalue weighted by Gasteiger charge is -2.24. The Morgan fingerprint density at radius 3 is 2.44 bits per heavy atom. The largest absolute Gasteiger partial charge is 0.453 e. The van der Waals surface area contributed by atoms with Crippen molar-refractivity contribution in [2.45, 2.75) is 58.8 Å². The number of nitrogens with one attached hydrogen (secondary N) is 1. The zero-order valence-electron chi connectivity index (χ0n) is 15.7. The molecule has 0 saturated heterocycles. The standard InChI is InChI=1S/C21H25NO3/c1-12-16(22-13(2)24)9-15-19(21(5,6)11-20(15,3)4)18(12)17-8-7-14(10-23)25-17/h7-10H,11H2,1-6H3,(H,22,24). The number of carbonyl (C=O) groups excluding carboxylic acids is 2. The first-order valence-corrected chi connectivity index (χ1v) is 8.58. The summed E-state index contributed by atoms with van der Waals surface area (Å²) in [6.07, 6.45) is 1.72. The summed E-state index contributed by atoms with van der Waals surface area (Å²) in [6, 6.07) is 5.63. The van der Waals surface area contributed by atoms with Crippen LogP contribution in [0.25, 0.3) is 11.3 Å². The third-order valence-electron chi connectivity index (χ3n) is 5.18. The minimum atomic E-state index is -0.0999. The Hall–Kier alpha value is -2.36. The van der Waals surface area contributed by atoms with Crippen LogP contribution in [0.15, 0.2) is 22.6 Å². The molecule has 0 bridgehead atoms. The van der Waals surface area contributed by atoms with E-state index in [4.69, 9.17) is 4.42 Å². The van der Waals surface area contributed by atoms with Gasteiger partial charge in [-0.1, -0.05) is 27.7 Å². The Balaban J connectivity index is 2.37. The molecule has 1 heterocycles. The van der Waals surface area contributed by atoms with Gasteiger partial charge in [-0.05, 0) is 59.1 Å². The topological polar surface area (TPSA) is 59.3 Å². The number of amides is 1. The van der Waals surface area contributed by atoms with Gasteiger partial charge in [0.2, 0.25) is 5.91 Å². The predicted octanol–water partition coefficient (Wildman–Crippen LogP) is 4.98. The van der Waals surface area contributed by atoms with Crippen LogP contribution < -0.4 is 5.32 Å². The number of aldehydes is 1. The quantitative estimate of drug-likeness (QED) is 0.802. The Labute approximate surface area is 148 Å². The van der Waals surface area contributed by atoms with Crippen LogP contribution in [-0.2, 0) is 15.6 Å². The number of hydrogen-bond donors (Lipinski definition) is 1. The molecule has 4 nitrogen and oxygen atoms in total. The van der Waals surface area contributed by atoms with Gasteiger partial charge in [0.15, 0.2) is 12.0 Å². The number of hydrogen-bond acceptors (Lipinski definition) is 3. The minimum Gasteiger partial charge on any atom is -0.453 e. The highest BCUT2D eigenvalue weighted by Gasteiger charge is 2.44. The summed E-state index contributed by atoms with van der Waals surface area (Å²) < 4.78 is 5.77. The molecule has 0 unspecified atom stereocenters. The van der Waals surface area contributed by atoms with Crippen molar-refractivity contribution in [1.29, 1.82) is 0 Å². The Kier molecular flexibility index (Phi) is 3.90. The molecule has 4 heteroatoms. The van der Waals surface area contributed by atoms with Crippen LogP contribution in [0.4, 0.5) is 5.69 Å². The van der Waals surface area contributed by atoms with Crippen LogP contribution in [0.2, 0.25) is 0 Å². The van der Waals surface area contributed by atoms with Gasteiger partial charge in [-0.25, -0.2) is 0 Å². The van der Waals surface area contributed by atoms with E-state index < -0.39 is 0 Å². The van der Waals surface area contributed by atoms with E-state index in [0.717, 1.165) is 23.2 Å². The third-order valence-corrected chi connectivity index (χ3v) is 5.18. The van der Waals surface area contributed by atoms with E-state index in [1.165, 1.54) is 18.1 Å². The SMILES string of the molecule is CC(=O)Nc1cc2c(c(-c3ccc(C=O)o3)c1C)C(C)(C)CC2(C)C. The molecule has 25 heavy (non-hydrogen) atoms. The van der Waals surface area contributed by atoms with Gasteiger partial charge in [0.25, 0.3) is 0 Å². The van der Waals surface area contributed by atoms with Gasteiger partial charge in [0, 0.05) is 18.2 Å². The lowest BCUT2D eigenvalue weighted by molar-refractivity contribution is -0.114. The first kappa shape index (κ1) is 17.5. The Morgan fingerprint density at radius 1 is 1.20 bits per heavy atom. The summed E-state index contributed by atoms with van der Waals surface area (Å²) in [4.78, 5) is 22.7. The van der Waals surface area contributed by atoms with E-state index in [0.29, 0.717) is 17.8 Å². The highest BCUT2D eigenvalue weighted by molar-refractivity contribution is 5.92. The minimum absolute atomic E-state index is 0.00537. The van der Waals surface area contributed by atoms with Gasteiger partial charge < -0.3 is 9.73 Å². The molecule has 1 aliphatic carbocycles. The van der Waals surface area contributed by atoms with Gasteiger partial charge in [-0.15, -0.1) is 0 Å². The molecule has 0 fully saturated rings. The Bertz CT molecular complexity index is 872. The molecule has 0 radical (unpaired) electrons. The number of fused-ring (bicyclic) bond motifs is 1. The number of furan rings is 1. The molecule has 132 valence electrons. The maximum absolute atomic E-state index is 11.7. The van der Waals surface area contributed by atoms with E-state index >= 15 is 0 Å². The first-order valence-electron chi connectivity index (χ1n) is 8.58. The molecular formula is C21H25NO3. The fourth-order valence-corrected chi connectivity index (χ4v) is 4.48. The number of anilines is 1. The van der Waals surface area contributed by atoms with Crippen LogP contribution in [0.5, 0.6) is 0 Å². The molecule has 0 atom stereocenters. The van der Waals surface area contributed by atoms with E-state index in [-0.39, 0.29) is 16.7 Å². The van der Waals surface area contributed by atoms with Crippen LogP contribution >= 0.6 is 0 Å². The molecule has 0 aliphatic heterocycles. The maximum atomic E-state index is 11.7. The van der Waals surface area contributed by atoms with E-state index in [9.17, 15) is 9.59 Å². The fraction of sp³-hybridized carbons (Fsp3) is 0.429. The molecule has 1 N–H and O–H groups in total. The van der Waals surface area contributed by atoms with E-state index in [1.54, 1.807) is 6.07 Å². The maximum Gasteiger partial charge on any atom is 0.221 e. The van der Waals surface area contributed by atoms with Crippen LogP contribution in [0.1, 0.15) is 68.3 Å². The number of carbonyl (C=O) groups is 2. The normalized spacial score (nSPS) is 17.2. The van der Waals surface area contributed by atoms with Crippen molar-refractivity contribution in [3.8, 4) is 11.3 Å². The third kappa shape index (κ3) is 2.80. The summed E-state index contributed by atoms with van der Waals surface area (Å²) in [7, 11) is 0. The molecule has 1 aliphatic rings. The zero-order valence-corrected chi connectivity index (χ0v) is 15.7. The first-order chi connectivity index (χ1) is 11.6. The summed E-state index contributed by atoms with van der Waals surface area (Å²) >= 11 is 0. The predicted molar refractivity (Wildman–Crippen MR) is 99.2 cm³/mol. The molecule has 1 aromatic heterocycles. The molecular weight excluding hydrogens is 314 g/mol. The average molecular weight is 339 g/mol. The van der Waals surface area contributed by atoms with Gasteiger partial charge in [-0.2, -0.15) is 0 Å². The molecule has 1 aromatic carbocycles. The van der Waals surface area contributed by atoms with Crippen molar-refractivity contribution >= 4 is 17.9 Å².